The summed E-state index contributed by atoms with van der Waals surface area (Å²) >= 11 is 0. The maximum absolute atomic E-state index is 12.6. The molecule has 2 heterocycles. The Kier molecular flexibility index (Phi) is 5.14. The third-order valence-electron chi connectivity index (χ3n) is 3.38. The Labute approximate surface area is 140 Å². The van der Waals surface area contributed by atoms with Crippen molar-refractivity contribution in [1.82, 2.24) is 24.9 Å². The highest BCUT2D eigenvalue weighted by Gasteiger charge is 2.34. The molecule has 136 valence electrons. The molecular formula is C14H16F3N5O3. The van der Waals surface area contributed by atoms with Crippen LogP contribution in [0.3, 0.4) is 0 Å². The fraction of sp³-hybridized carbons (Fsp3) is 0.429. The van der Waals surface area contributed by atoms with Crippen molar-refractivity contribution in [2.45, 2.75) is 26.1 Å². The summed E-state index contributed by atoms with van der Waals surface area (Å²) in [6, 6.07) is 0.952. The number of halogens is 3. The fourth-order valence-electron chi connectivity index (χ4n) is 2.21. The fourth-order valence-corrected chi connectivity index (χ4v) is 2.21. The Hall–Kier alpha value is -2.85. The molecule has 0 aliphatic carbocycles. The van der Waals surface area contributed by atoms with Gasteiger partial charge in [-0.25, -0.2) is 4.79 Å². The van der Waals surface area contributed by atoms with E-state index in [4.69, 9.17) is 5.11 Å². The quantitative estimate of drug-likeness (QED) is 0.761. The summed E-state index contributed by atoms with van der Waals surface area (Å²) in [6.07, 6.45) is -2.89. The van der Waals surface area contributed by atoms with Gasteiger partial charge in [-0.15, -0.1) is 0 Å². The van der Waals surface area contributed by atoms with Gasteiger partial charge < -0.3 is 10.4 Å². The summed E-state index contributed by atoms with van der Waals surface area (Å²) in [5.74, 6) is -1.93. The molecule has 0 aliphatic rings. The second-order valence-corrected chi connectivity index (χ2v) is 5.37. The third kappa shape index (κ3) is 4.37. The van der Waals surface area contributed by atoms with Crippen LogP contribution in [-0.4, -0.2) is 43.1 Å². The molecule has 1 amide bonds. The van der Waals surface area contributed by atoms with E-state index in [0.29, 0.717) is 12.1 Å². The Morgan fingerprint density at radius 1 is 1.32 bits per heavy atom. The van der Waals surface area contributed by atoms with Crippen LogP contribution in [0.25, 0.3) is 0 Å². The van der Waals surface area contributed by atoms with Gasteiger partial charge in [0.05, 0.1) is 5.56 Å². The number of carboxylic acid groups (broad SMARTS) is 1. The number of aryl methyl sites for hydroxylation is 3. The van der Waals surface area contributed by atoms with Crippen LogP contribution in [0.15, 0.2) is 12.3 Å². The van der Waals surface area contributed by atoms with Crippen molar-refractivity contribution in [3.05, 3.63) is 34.9 Å². The van der Waals surface area contributed by atoms with Crippen molar-refractivity contribution >= 4 is 11.9 Å². The SMILES string of the molecule is Cc1cc(C(F)(F)F)nn1CCCNC(=O)c1cn(C)nc1C(=O)O. The summed E-state index contributed by atoms with van der Waals surface area (Å²) in [4.78, 5) is 23.0. The number of hydrogen-bond donors (Lipinski definition) is 2. The zero-order valence-electron chi connectivity index (χ0n) is 13.5. The zero-order valence-corrected chi connectivity index (χ0v) is 13.5. The minimum atomic E-state index is -4.50. The molecule has 0 unspecified atom stereocenters. The predicted molar refractivity (Wildman–Crippen MR) is 79.1 cm³/mol. The molecule has 0 atom stereocenters. The number of alkyl halides is 3. The van der Waals surface area contributed by atoms with E-state index in [1.165, 1.54) is 29.5 Å². The molecular weight excluding hydrogens is 343 g/mol. The Morgan fingerprint density at radius 2 is 2.00 bits per heavy atom. The molecule has 0 saturated carbocycles. The highest BCUT2D eigenvalue weighted by Crippen LogP contribution is 2.28. The summed E-state index contributed by atoms with van der Waals surface area (Å²) in [5, 5.41) is 18.7. The van der Waals surface area contributed by atoms with Crippen LogP contribution in [0.4, 0.5) is 13.2 Å². The number of carboxylic acids is 1. The second kappa shape index (κ2) is 6.95. The van der Waals surface area contributed by atoms with Crippen molar-refractivity contribution in [3.8, 4) is 0 Å². The van der Waals surface area contributed by atoms with Gasteiger partial charge in [-0.2, -0.15) is 23.4 Å². The molecule has 8 nitrogen and oxygen atoms in total. The monoisotopic (exact) mass is 359 g/mol. The molecule has 0 bridgehead atoms. The van der Waals surface area contributed by atoms with Crippen LogP contribution in [0, 0.1) is 6.92 Å². The summed E-state index contributed by atoms with van der Waals surface area (Å²) in [6.45, 7) is 1.84. The van der Waals surface area contributed by atoms with Crippen molar-refractivity contribution < 1.29 is 27.9 Å². The highest BCUT2D eigenvalue weighted by molar-refractivity contribution is 6.03. The smallest absolute Gasteiger partial charge is 0.435 e. The van der Waals surface area contributed by atoms with Gasteiger partial charge in [0, 0.05) is 32.0 Å². The summed E-state index contributed by atoms with van der Waals surface area (Å²) in [7, 11) is 1.49. The van der Waals surface area contributed by atoms with Crippen LogP contribution >= 0.6 is 0 Å². The summed E-state index contributed by atoms with van der Waals surface area (Å²) < 4.78 is 40.2. The number of nitrogens with one attached hydrogen (secondary N) is 1. The van der Waals surface area contributed by atoms with E-state index >= 15 is 0 Å². The minimum absolute atomic E-state index is 0.0790. The van der Waals surface area contributed by atoms with E-state index < -0.39 is 23.7 Å². The number of hydrogen-bond acceptors (Lipinski definition) is 4. The lowest BCUT2D eigenvalue weighted by atomic mass is 10.2. The number of carbonyl (C=O) groups is 2. The average Bonchev–Trinajstić information content (AvgIpc) is 3.06. The van der Waals surface area contributed by atoms with Crippen LogP contribution in [0.5, 0.6) is 0 Å². The molecule has 0 saturated heterocycles. The van der Waals surface area contributed by atoms with Gasteiger partial charge in [0.1, 0.15) is 0 Å². The summed E-state index contributed by atoms with van der Waals surface area (Å²) in [5.41, 5.74) is -1.04. The number of nitrogens with zero attached hydrogens (tertiary/aromatic N) is 4. The second-order valence-electron chi connectivity index (χ2n) is 5.37. The van der Waals surface area contributed by atoms with Crippen LogP contribution in [-0.2, 0) is 19.8 Å². The molecule has 0 radical (unpaired) electrons. The number of aromatic carboxylic acids is 1. The van der Waals surface area contributed by atoms with Crippen molar-refractivity contribution in [2.24, 2.45) is 7.05 Å². The van der Waals surface area contributed by atoms with E-state index in [1.807, 2.05) is 0 Å². The molecule has 11 heteroatoms. The first kappa shape index (κ1) is 18.5. The molecule has 0 fully saturated rings. The van der Waals surface area contributed by atoms with E-state index in [-0.39, 0.29) is 24.3 Å². The van der Waals surface area contributed by atoms with E-state index in [9.17, 15) is 22.8 Å². The average molecular weight is 359 g/mol. The van der Waals surface area contributed by atoms with E-state index in [1.54, 1.807) is 0 Å². The zero-order chi connectivity index (χ0) is 18.8. The molecule has 0 aliphatic heterocycles. The van der Waals surface area contributed by atoms with Gasteiger partial charge in [-0.3, -0.25) is 14.2 Å². The molecule has 25 heavy (non-hydrogen) atoms. The maximum atomic E-state index is 12.6. The largest absolute Gasteiger partial charge is 0.476 e. The first-order valence-corrected chi connectivity index (χ1v) is 7.26. The first-order valence-electron chi connectivity index (χ1n) is 7.26. The van der Waals surface area contributed by atoms with Gasteiger partial charge in [-0.05, 0) is 19.4 Å². The molecule has 2 aromatic heterocycles. The van der Waals surface area contributed by atoms with Crippen molar-refractivity contribution in [2.75, 3.05) is 6.54 Å². The van der Waals surface area contributed by atoms with Crippen LogP contribution in [0.1, 0.15) is 38.7 Å². The number of aromatic nitrogens is 4. The van der Waals surface area contributed by atoms with E-state index in [2.05, 4.69) is 15.5 Å². The first-order chi connectivity index (χ1) is 11.6. The lowest BCUT2D eigenvalue weighted by Gasteiger charge is -2.06. The van der Waals surface area contributed by atoms with Gasteiger partial charge in [0.15, 0.2) is 11.4 Å². The molecule has 2 rings (SSSR count). The lowest BCUT2D eigenvalue weighted by Crippen LogP contribution is -2.26. The standard InChI is InChI=1S/C14H16F3N5O3/c1-8-6-10(14(15,16)17)19-22(8)5-3-4-18-12(23)9-7-21(2)20-11(9)13(24)25/h6-7H,3-5H2,1-2H3,(H,18,23)(H,24,25). The lowest BCUT2D eigenvalue weighted by molar-refractivity contribution is -0.141. The Balaban J connectivity index is 1.91. The highest BCUT2D eigenvalue weighted by atomic mass is 19.4. The van der Waals surface area contributed by atoms with E-state index in [0.717, 1.165) is 6.07 Å². The molecule has 2 N–H and O–H groups in total. The maximum Gasteiger partial charge on any atom is 0.435 e. The Bertz CT molecular complexity index is 794. The minimum Gasteiger partial charge on any atom is -0.476 e. The number of rotatable bonds is 6. The topological polar surface area (TPSA) is 102 Å². The Morgan fingerprint density at radius 3 is 2.56 bits per heavy atom. The number of carbonyl (C=O) groups excluding carboxylic acids is 1. The molecule has 2 aromatic rings. The van der Waals surface area contributed by atoms with Crippen LogP contribution < -0.4 is 5.32 Å². The molecule has 0 aromatic carbocycles. The van der Waals surface area contributed by atoms with Crippen molar-refractivity contribution in [3.63, 3.8) is 0 Å². The third-order valence-corrected chi connectivity index (χ3v) is 3.38. The normalized spacial score (nSPS) is 11.6. The van der Waals surface area contributed by atoms with Gasteiger partial charge in [-0.1, -0.05) is 0 Å². The molecule has 0 spiro atoms. The van der Waals surface area contributed by atoms with Gasteiger partial charge in [0.25, 0.3) is 5.91 Å². The van der Waals surface area contributed by atoms with Crippen LogP contribution in [0.2, 0.25) is 0 Å². The predicted octanol–water partition coefficient (Wildman–Crippen LogP) is 1.46. The van der Waals surface area contributed by atoms with Gasteiger partial charge >= 0.3 is 12.1 Å². The van der Waals surface area contributed by atoms with Crippen molar-refractivity contribution in [1.29, 1.82) is 0 Å². The van der Waals surface area contributed by atoms with Gasteiger partial charge in [0.2, 0.25) is 0 Å². The number of amides is 1.